The number of halogens is 1. The smallest absolute Gasteiger partial charge is 0.257 e. The molecule has 0 bridgehead atoms. The maximum atomic E-state index is 13.1. The van der Waals surface area contributed by atoms with Crippen LogP contribution in [0.1, 0.15) is 36.2 Å². The lowest BCUT2D eigenvalue weighted by molar-refractivity contribution is 0.0941. The highest BCUT2D eigenvalue weighted by Gasteiger charge is 2.25. The van der Waals surface area contributed by atoms with E-state index in [0.29, 0.717) is 22.5 Å². The lowest BCUT2D eigenvalue weighted by Gasteiger charge is -2.12. The van der Waals surface area contributed by atoms with Gasteiger partial charge >= 0.3 is 0 Å². The van der Waals surface area contributed by atoms with Crippen LogP contribution in [0.25, 0.3) is 27.9 Å². The number of aromatic nitrogens is 3. The molecular weight excluding hydrogens is 430 g/mol. The van der Waals surface area contributed by atoms with Crippen molar-refractivity contribution < 1.29 is 4.79 Å². The zero-order valence-corrected chi connectivity index (χ0v) is 18.1. The van der Waals surface area contributed by atoms with Crippen LogP contribution in [0.3, 0.4) is 0 Å². The van der Waals surface area contributed by atoms with Gasteiger partial charge in [0.05, 0.1) is 11.0 Å². The monoisotopic (exact) mass is 451 g/mol. The Morgan fingerprint density at radius 1 is 1.21 bits per heavy atom. The Balaban J connectivity index is 2.04. The topological polar surface area (TPSA) is 85.8 Å². The van der Waals surface area contributed by atoms with Crippen molar-refractivity contribution in [2.45, 2.75) is 33.2 Å². The number of benzene rings is 2. The Morgan fingerprint density at radius 3 is 2.55 bits per heavy atom. The molecule has 29 heavy (non-hydrogen) atoms. The molecule has 0 saturated heterocycles. The Morgan fingerprint density at radius 2 is 1.90 bits per heavy atom. The third kappa shape index (κ3) is 3.35. The van der Waals surface area contributed by atoms with Crippen LogP contribution in [0, 0.1) is 6.92 Å². The Labute approximate surface area is 177 Å². The number of amides is 1. The van der Waals surface area contributed by atoms with E-state index < -0.39 is 0 Å². The summed E-state index contributed by atoms with van der Waals surface area (Å²) in [5.74, 6) is 0.0943. The minimum absolute atomic E-state index is 0.0311. The van der Waals surface area contributed by atoms with Crippen molar-refractivity contribution in [2.24, 2.45) is 0 Å². The van der Waals surface area contributed by atoms with Gasteiger partial charge in [0, 0.05) is 16.2 Å². The van der Waals surface area contributed by atoms with Gasteiger partial charge in [-0.3, -0.25) is 9.36 Å². The summed E-state index contributed by atoms with van der Waals surface area (Å²) in [6, 6.07) is 13.6. The van der Waals surface area contributed by atoms with Gasteiger partial charge in [-0.2, -0.15) is 0 Å². The number of carbonyl (C=O) groups is 1. The number of nitrogens with two attached hydrogens (primary N) is 1. The van der Waals surface area contributed by atoms with Gasteiger partial charge < -0.3 is 11.1 Å². The lowest BCUT2D eigenvalue weighted by atomic mass is 10.2. The molecule has 4 rings (SSSR count). The first kappa shape index (κ1) is 19.4. The van der Waals surface area contributed by atoms with E-state index in [1.165, 1.54) is 0 Å². The largest absolute Gasteiger partial charge is 0.384 e. The number of nitrogens with zero attached hydrogens (tertiary/aromatic N) is 3. The third-order valence-electron chi connectivity index (χ3n) is 5.11. The van der Waals surface area contributed by atoms with Gasteiger partial charge in [0.25, 0.3) is 5.91 Å². The van der Waals surface area contributed by atoms with Crippen molar-refractivity contribution in [3.63, 3.8) is 0 Å². The number of para-hydroxylation sites is 2. The molecule has 1 amide bonds. The lowest BCUT2D eigenvalue weighted by Crippen LogP contribution is -2.32. The molecule has 2 aromatic carbocycles. The minimum atomic E-state index is -0.237. The second-order valence-electron chi connectivity index (χ2n) is 7.20. The molecule has 3 N–H and O–H groups in total. The molecule has 148 valence electrons. The number of hydrogen-bond donors (Lipinski definition) is 2. The Hall–Kier alpha value is -2.93. The van der Waals surface area contributed by atoms with E-state index in [4.69, 9.17) is 15.7 Å². The van der Waals surface area contributed by atoms with Gasteiger partial charge in [-0.05, 0) is 56.2 Å². The van der Waals surface area contributed by atoms with Crippen LogP contribution >= 0.6 is 15.9 Å². The summed E-state index contributed by atoms with van der Waals surface area (Å²) in [6.07, 6.45) is 0.824. The maximum absolute atomic E-state index is 13.1. The van der Waals surface area contributed by atoms with Gasteiger partial charge in [0.2, 0.25) is 0 Å². The molecule has 0 radical (unpaired) electrons. The molecule has 0 spiro atoms. The Kier molecular flexibility index (Phi) is 5.00. The first-order chi connectivity index (χ1) is 13.9. The Bertz CT molecular complexity index is 1250. The van der Waals surface area contributed by atoms with Gasteiger partial charge in [0.15, 0.2) is 5.65 Å². The van der Waals surface area contributed by atoms with Crippen LogP contribution in [-0.2, 0) is 0 Å². The normalized spacial score (nSPS) is 12.4. The molecule has 0 fully saturated rings. The van der Waals surface area contributed by atoms with Crippen LogP contribution in [0.2, 0.25) is 0 Å². The molecule has 0 aliphatic rings. The van der Waals surface area contributed by atoms with Crippen LogP contribution < -0.4 is 11.1 Å². The van der Waals surface area contributed by atoms with E-state index in [-0.39, 0.29) is 11.9 Å². The van der Waals surface area contributed by atoms with Crippen LogP contribution in [0.5, 0.6) is 0 Å². The fourth-order valence-corrected chi connectivity index (χ4v) is 3.56. The predicted molar refractivity (Wildman–Crippen MR) is 120 cm³/mol. The average Bonchev–Trinajstić information content (AvgIpc) is 2.99. The van der Waals surface area contributed by atoms with Crippen molar-refractivity contribution in [1.29, 1.82) is 0 Å². The molecule has 0 saturated carbocycles. The zero-order chi connectivity index (χ0) is 20.7. The number of fused-ring (bicyclic) bond motifs is 2. The van der Waals surface area contributed by atoms with Crippen molar-refractivity contribution in [3.8, 4) is 5.69 Å². The van der Waals surface area contributed by atoms with Gasteiger partial charge in [0.1, 0.15) is 16.9 Å². The van der Waals surface area contributed by atoms with E-state index >= 15 is 0 Å². The number of rotatable bonds is 4. The average molecular weight is 452 g/mol. The van der Waals surface area contributed by atoms with E-state index in [1.54, 1.807) is 4.57 Å². The highest BCUT2D eigenvalue weighted by Crippen LogP contribution is 2.32. The minimum Gasteiger partial charge on any atom is -0.384 e. The zero-order valence-electron chi connectivity index (χ0n) is 16.5. The second-order valence-corrected chi connectivity index (χ2v) is 8.05. The molecular formula is C22H22BrN5O. The highest BCUT2D eigenvalue weighted by molar-refractivity contribution is 9.10. The van der Waals surface area contributed by atoms with Gasteiger partial charge in [-0.25, -0.2) is 9.97 Å². The first-order valence-corrected chi connectivity index (χ1v) is 10.3. The number of anilines is 1. The molecule has 4 aromatic rings. The SMILES string of the molecule is CC[C@H](C)NC(=O)c1c(N)n(-c2ccc(Br)c(C)c2)c2nc3ccccc3nc12. The number of nitrogens with one attached hydrogen (secondary N) is 1. The van der Waals surface area contributed by atoms with E-state index in [2.05, 4.69) is 21.2 Å². The molecule has 0 aliphatic carbocycles. The van der Waals surface area contributed by atoms with Crippen LogP contribution in [0.4, 0.5) is 5.82 Å². The molecule has 7 heteroatoms. The highest BCUT2D eigenvalue weighted by atomic mass is 79.9. The summed E-state index contributed by atoms with van der Waals surface area (Å²) in [5.41, 5.74) is 11.3. The van der Waals surface area contributed by atoms with E-state index in [0.717, 1.165) is 33.2 Å². The summed E-state index contributed by atoms with van der Waals surface area (Å²) in [7, 11) is 0. The number of nitrogen functional groups attached to an aromatic ring is 1. The molecule has 6 nitrogen and oxygen atoms in total. The maximum Gasteiger partial charge on any atom is 0.257 e. The molecule has 2 aromatic heterocycles. The molecule has 0 aliphatic heterocycles. The quantitative estimate of drug-likeness (QED) is 0.468. The molecule has 2 heterocycles. The summed E-state index contributed by atoms with van der Waals surface area (Å²) >= 11 is 3.53. The second kappa shape index (κ2) is 7.48. The van der Waals surface area contributed by atoms with E-state index in [9.17, 15) is 4.79 Å². The first-order valence-electron chi connectivity index (χ1n) is 9.54. The summed E-state index contributed by atoms with van der Waals surface area (Å²) in [5, 5.41) is 3.00. The summed E-state index contributed by atoms with van der Waals surface area (Å²) in [4.78, 5) is 22.6. The fourth-order valence-electron chi connectivity index (χ4n) is 3.31. The van der Waals surface area contributed by atoms with Crippen LogP contribution in [0.15, 0.2) is 46.9 Å². The van der Waals surface area contributed by atoms with Crippen molar-refractivity contribution >= 4 is 49.9 Å². The number of carbonyl (C=O) groups excluding carboxylic acids is 1. The summed E-state index contributed by atoms with van der Waals surface area (Å²) in [6.45, 7) is 6.00. The summed E-state index contributed by atoms with van der Waals surface area (Å²) < 4.78 is 2.81. The van der Waals surface area contributed by atoms with Crippen LogP contribution in [-0.4, -0.2) is 26.5 Å². The van der Waals surface area contributed by atoms with Crippen molar-refractivity contribution in [1.82, 2.24) is 19.9 Å². The van der Waals surface area contributed by atoms with Crippen molar-refractivity contribution in [3.05, 3.63) is 58.1 Å². The third-order valence-corrected chi connectivity index (χ3v) is 6.00. The van der Waals surface area contributed by atoms with Gasteiger partial charge in [-0.15, -0.1) is 0 Å². The van der Waals surface area contributed by atoms with Gasteiger partial charge in [-0.1, -0.05) is 35.0 Å². The van der Waals surface area contributed by atoms with Crippen molar-refractivity contribution in [2.75, 3.05) is 5.73 Å². The standard InChI is InChI=1S/C22H22BrN5O/c1-4-13(3)25-22(29)18-19-21(27-17-8-6-5-7-16(17)26-19)28(20(18)24)14-9-10-15(23)12(2)11-14/h5-11,13H,4,24H2,1-3H3,(H,25,29)/t13-/m0/s1. The molecule has 0 unspecified atom stereocenters. The van der Waals surface area contributed by atoms with E-state index in [1.807, 2.05) is 63.2 Å². The number of hydrogen-bond acceptors (Lipinski definition) is 4. The fraction of sp³-hybridized carbons (Fsp3) is 0.227. The predicted octanol–water partition coefficient (Wildman–Crippen LogP) is 4.76. The number of aryl methyl sites for hydroxylation is 1. The molecule has 1 atom stereocenters.